The van der Waals surface area contributed by atoms with Gasteiger partial charge < -0.3 is 5.11 Å². The molecule has 0 radical (unpaired) electrons. The van der Waals surface area contributed by atoms with Gasteiger partial charge in [0.2, 0.25) is 0 Å². The van der Waals surface area contributed by atoms with Crippen molar-refractivity contribution in [3.05, 3.63) is 53.7 Å². The number of hydrogen-bond donors (Lipinski definition) is 1. The number of hydrogen-bond acceptors (Lipinski definition) is 2. The molecule has 0 atom stereocenters. The molecule has 1 N–H and O–H groups in total. The van der Waals surface area contributed by atoms with Gasteiger partial charge in [-0.25, -0.2) is 0 Å². The summed E-state index contributed by atoms with van der Waals surface area (Å²) in [7, 11) is 0. The summed E-state index contributed by atoms with van der Waals surface area (Å²) in [6.07, 6.45) is 3.90. The average molecular weight is 258 g/mol. The topological polar surface area (TPSA) is 33.1 Å². The number of benzene rings is 1. The molecule has 0 spiro atoms. The zero-order valence-electron chi connectivity index (χ0n) is 9.73. The monoisotopic (exact) mass is 257 g/mol. The summed E-state index contributed by atoms with van der Waals surface area (Å²) in [5, 5.41) is 10.1. The number of halogens is 1. The van der Waals surface area contributed by atoms with Gasteiger partial charge in [-0.1, -0.05) is 17.7 Å². The molecule has 1 aromatic carbocycles. The predicted octanol–water partition coefficient (Wildman–Crippen LogP) is 3.98. The molecule has 2 aromatic rings. The maximum absolute atomic E-state index is 9.29. The molecule has 0 saturated carbocycles. The van der Waals surface area contributed by atoms with Crippen LogP contribution in [0.2, 0.25) is 0 Å². The number of nitrogens with zero attached hydrogens (tertiary/aromatic N) is 1. The van der Waals surface area contributed by atoms with Gasteiger partial charge in [-0.05, 0) is 49.2 Å². The first-order valence-electron chi connectivity index (χ1n) is 5.89. The number of phenols is 1. The van der Waals surface area contributed by atoms with Gasteiger partial charge in [-0.15, -0.1) is 0 Å². The highest BCUT2D eigenvalue weighted by molar-refractivity contribution is 6.49. The number of phenolic OH excluding ortho intramolecular Hbond substituents is 1. The third kappa shape index (κ3) is 2.00. The SMILES string of the molecule is Oc1ccc(-c2ccc3c(n2)CCC=C3Cl)cc1. The molecule has 2 nitrogen and oxygen atoms in total. The van der Waals surface area contributed by atoms with Crippen LogP contribution in [0.3, 0.4) is 0 Å². The second-order valence-corrected chi connectivity index (χ2v) is 4.74. The zero-order valence-corrected chi connectivity index (χ0v) is 10.5. The van der Waals surface area contributed by atoms with Crippen LogP contribution in [0, 0.1) is 0 Å². The lowest BCUT2D eigenvalue weighted by atomic mass is 10.0. The Morgan fingerprint density at radius 2 is 1.83 bits per heavy atom. The van der Waals surface area contributed by atoms with Crippen LogP contribution in [0.15, 0.2) is 42.5 Å². The number of fused-ring (bicyclic) bond motifs is 1. The number of rotatable bonds is 1. The molecule has 0 amide bonds. The van der Waals surface area contributed by atoms with Gasteiger partial charge in [-0.3, -0.25) is 4.98 Å². The Labute approximate surface area is 111 Å². The van der Waals surface area contributed by atoms with E-state index in [4.69, 9.17) is 11.6 Å². The Morgan fingerprint density at radius 3 is 2.61 bits per heavy atom. The highest BCUT2D eigenvalue weighted by atomic mass is 35.5. The molecule has 1 aliphatic rings. The van der Waals surface area contributed by atoms with E-state index in [1.165, 1.54) is 0 Å². The van der Waals surface area contributed by atoms with E-state index in [1.807, 2.05) is 30.3 Å². The highest BCUT2D eigenvalue weighted by Crippen LogP contribution is 2.30. The maximum Gasteiger partial charge on any atom is 0.115 e. The molecule has 3 rings (SSSR count). The van der Waals surface area contributed by atoms with Crippen LogP contribution in [0.5, 0.6) is 5.75 Å². The molecular weight excluding hydrogens is 246 g/mol. The minimum absolute atomic E-state index is 0.266. The average Bonchev–Trinajstić information content (AvgIpc) is 2.39. The van der Waals surface area contributed by atoms with Crippen molar-refractivity contribution in [2.75, 3.05) is 0 Å². The molecule has 3 heteroatoms. The first kappa shape index (κ1) is 11.3. The van der Waals surface area contributed by atoms with Crippen molar-refractivity contribution in [1.29, 1.82) is 0 Å². The molecular formula is C15H12ClNO. The van der Waals surface area contributed by atoms with Crippen molar-refractivity contribution in [2.24, 2.45) is 0 Å². The van der Waals surface area contributed by atoms with Gasteiger partial charge in [-0.2, -0.15) is 0 Å². The van der Waals surface area contributed by atoms with E-state index in [0.29, 0.717) is 0 Å². The van der Waals surface area contributed by atoms with Gasteiger partial charge in [0.15, 0.2) is 0 Å². The number of aromatic hydroxyl groups is 1. The molecule has 1 heterocycles. The third-order valence-electron chi connectivity index (χ3n) is 3.10. The molecule has 0 saturated heterocycles. The zero-order chi connectivity index (χ0) is 12.5. The molecule has 1 aliphatic carbocycles. The fraction of sp³-hybridized carbons (Fsp3) is 0.133. The number of pyridine rings is 1. The Hall–Kier alpha value is -1.80. The number of allylic oxidation sites excluding steroid dienone is 1. The van der Waals surface area contributed by atoms with Gasteiger partial charge in [0, 0.05) is 16.2 Å². The van der Waals surface area contributed by atoms with E-state index >= 15 is 0 Å². The Balaban J connectivity index is 2.05. The van der Waals surface area contributed by atoms with E-state index in [2.05, 4.69) is 4.98 Å². The van der Waals surface area contributed by atoms with E-state index in [1.54, 1.807) is 12.1 Å². The molecule has 90 valence electrons. The third-order valence-corrected chi connectivity index (χ3v) is 3.46. The fourth-order valence-electron chi connectivity index (χ4n) is 2.15. The molecule has 0 aliphatic heterocycles. The van der Waals surface area contributed by atoms with Crippen LogP contribution in [0.1, 0.15) is 17.7 Å². The smallest absolute Gasteiger partial charge is 0.115 e. The second-order valence-electron chi connectivity index (χ2n) is 4.33. The lowest BCUT2D eigenvalue weighted by Gasteiger charge is -2.13. The summed E-state index contributed by atoms with van der Waals surface area (Å²) < 4.78 is 0. The molecule has 0 fully saturated rings. The van der Waals surface area contributed by atoms with Crippen molar-refractivity contribution in [1.82, 2.24) is 4.98 Å². The largest absolute Gasteiger partial charge is 0.508 e. The Morgan fingerprint density at radius 1 is 1.06 bits per heavy atom. The van der Waals surface area contributed by atoms with Crippen LogP contribution in [-0.4, -0.2) is 10.1 Å². The van der Waals surface area contributed by atoms with Gasteiger partial charge in [0.1, 0.15) is 5.75 Å². The molecule has 0 bridgehead atoms. The van der Waals surface area contributed by atoms with E-state index in [-0.39, 0.29) is 5.75 Å². The lowest BCUT2D eigenvalue weighted by Crippen LogP contribution is -2.01. The maximum atomic E-state index is 9.29. The quantitative estimate of drug-likeness (QED) is 0.838. The Kier molecular flexibility index (Phi) is 2.80. The summed E-state index contributed by atoms with van der Waals surface area (Å²) in [6, 6.07) is 11.1. The van der Waals surface area contributed by atoms with Crippen LogP contribution < -0.4 is 0 Å². The van der Waals surface area contributed by atoms with Gasteiger partial charge in [0.25, 0.3) is 0 Å². The standard InChI is InChI=1S/C15H12ClNO/c16-13-2-1-3-15-12(13)8-9-14(17-15)10-4-6-11(18)7-5-10/h2,4-9,18H,1,3H2. The first-order valence-corrected chi connectivity index (χ1v) is 6.27. The number of aromatic nitrogens is 1. The summed E-state index contributed by atoms with van der Waals surface area (Å²) in [5.74, 6) is 0.266. The molecule has 18 heavy (non-hydrogen) atoms. The Bertz CT molecular complexity index is 617. The van der Waals surface area contributed by atoms with Crippen LogP contribution >= 0.6 is 11.6 Å². The van der Waals surface area contributed by atoms with Crippen LogP contribution in [0.4, 0.5) is 0 Å². The first-order chi connectivity index (χ1) is 8.74. The van der Waals surface area contributed by atoms with Gasteiger partial charge in [0.05, 0.1) is 11.4 Å². The van der Waals surface area contributed by atoms with Gasteiger partial charge >= 0.3 is 0 Å². The predicted molar refractivity (Wildman–Crippen MR) is 73.5 cm³/mol. The molecule has 1 aromatic heterocycles. The second kappa shape index (κ2) is 4.46. The highest BCUT2D eigenvalue weighted by Gasteiger charge is 2.13. The summed E-state index contributed by atoms with van der Waals surface area (Å²) >= 11 is 6.15. The van der Waals surface area contributed by atoms with Crippen molar-refractivity contribution < 1.29 is 5.11 Å². The van der Waals surface area contributed by atoms with Crippen molar-refractivity contribution >= 4 is 16.6 Å². The minimum Gasteiger partial charge on any atom is -0.508 e. The van der Waals surface area contributed by atoms with Crippen LogP contribution in [0.25, 0.3) is 16.3 Å². The fourth-order valence-corrected chi connectivity index (χ4v) is 2.43. The normalized spacial score (nSPS) is 13.9. The van der Waals surface area contributed by atoms with Crippen molar-refractivity contribution in [2.45, 2.75) is 12.8 Å². The minimum atomic E-state index is 0.266. The molecule has 0 unspecified atom stereocenters. The number of aryl methyl sites for hydroxylation is 1. The summed E-state index contributed by atoms with van der Waals surface area (Å²) in [5.41, 5.74) is 4.00. The lowest BCUT2D eigenvalue weighted by molar-refractivity contribution is 0.475. The van der Waals surface area contributed by atoms with E-state index in [0.717, 1.165) is 40.4 Å². The summed E-state index contributed by atoms with van der Waals surface area (Å²) in [6.45, 7) is 0. The summed E-state index contributed by atoms with van der Waals surface area (Å²) in [4.78, 5) is 4.66. The van der Waals surface area contributed by atoms with Crippen molar-refractivity contribution in [3.8, 4) is 17.0 Å². The van der Waals surface area contributed by atoms with Crippen molar-refractivity contribution in [3.63, 3.8) is 0 Å². The van der Waals surface area contributed by atoms with E-state index < -0.39 is 0 Å². The van der Waals surface area contributed by atoms with E-state index in [9.17, 15) is 5.11 Å². The van der Waals surface area contributed by atoms with Crippen LogP contribution in [-0.2, 0) is 6.42 Å².